The number of thioether (sulfide) groups is 1. The topological polar surface area (TPSA) is 94.3 Å². The summed E-state index contributed by atoms with van der Waals surface area (Å²) in [5.74, 6) is 0.813. The van der Waals surface area contributed by atoms with Crippen molar-refractivity contribution in [1.29, 1.82) is 0 Å². The Labute approximate surface area is 161 Å². The highest BCUT2D eigenvalue weighted by molar-refractivity contribution is 7.99. The second-order valence-electron chi connectivity index (χ2n) is 5.77. The summed E-state index contributed by atoms with van der Waals surface area (Å²) >= 11 is 1.45. The standard InChI is InChI=1S/C20H19N3O3S/c1-26-14-7-8-15-16(13-5-3-2-4-6-13)12-19(22-17(15)11-14)27-10-9-18(24)23-20(21)25/h2-8,11-12H,9-10H2,1H3,(H3,21,23,24,25). The molecule has 3 aromatic rings. The van der Waals surface area contributed by atoms with Crippen molar-refractivity contribution < 1.29 is 14.3 Å². The molecule has 0 saturated heterocycles. The Morgan fingerprint density at radius 1 is 1.15 bits per heavy atom. The maximum absolute atomic E-state index is 11.6. The molecule has 0 aliphatic carbocycles. The lowest BCUT2D eigenvalue weighted by molar-refractivity contribution is -0.119. The molecule has 0 spiro atoms. The van der Waals surface area contributed by atoms with E-state index in [9.17, 15) is 9.59 Å². The first-order chi connectivity index (χ1) is 13.1. The van der Waals surface area contributed by atoms with Crippen LogP contribution in [0.25, 0.3) is 22.0 Å². The number of urea groups is 1. The Bertz CT molecular complexity index is 977. The molecule has 0 aliphatic heterocycles. The van der Waals surface area contributed by atoms with Gasteiger partial charge in [0, 0.05) is 23.6 Å². The van der Waals surface area contributed by atoms with Crippen molar-refractivity contribution in [2.45, 2.75) is 11.4 Å². The Morgan fingerprint density at radius 2 is 1.93 bits per heavy atom. The van der Waals surface area contributed by atoms with Crippen LogP contribution in [-0.4, -0.2) is 29.8 Å². The number of primary amides is 1. The number of nitrogens with one attached hydrogen (secondary N) is 1. The minimum absolute atomic E-state index is 0.173. The lowest BCUT2D eigenvalue weighted by Gasteiger charge is -2.11. The van der Waals surface area contributed by atoms with Crippen molar-refractivity contribution in [2.75, 3.05) is 12.9 Å². The lowest BCUT2D eigenvalue weighted by atomic mass is 10.0. The second-order valence-corrected chi connectivity index (χ2v) is 6.88. The molecule has 0 fully saturated rings. The van der Waals surface area contributed by atoms with Crippen molar-refractivity contribution in [3.05, 3.63) is 54.6 Å². The van der Waals surface area contributed by atoms with Gasteiger partial charge in [-0.2, -0.15) is 0 Å². The number of carbonyl (C=O) groups excluding carboxylic acids is 2. The number of methoxy groups -OCH3 is 1. The van der Waals surface area contributed by atoms with E-state index in [0.29, 0.717) is 5.75 Å². The average Bonchev–Trinajstić information content (AvgIpc) is 2.67. The van der Waals surface area contributed by atoms with E-state index in [1.165, 1.54) is 11.8 Å². The number of imide groups is 1. The highest BCUT2D eigenvalue weighted by Crippen LogP contribution is 2.33. The predicted molar refractivity (Wildman–Crippen MR) is 107 cm³/mol. The van der Waals surface area contributed by atoms with E-state index in [2.05, 4.69) is 10.3 Å². The van der Waals surface area contributed by atoms with Gasteiger partial charge in [0.1, 0.15) is 5.75 Å². The van der Waals surface area contributed by atoms with Crippen LogP contribution in [0.15, 0.2) is 59.6 Å². The quantitative estimate of drug-likeness (QED) is 0.637. The molecule has 0 aliphatic rings. The second kappa shape index (κ2) is 8.55. The van der Waals surface area contributed by atoms with Crippen LogP contribution in [0.4, 0.5) is 4.79 Å². The summed E-state index contributed by atoms with van der Waals surface area (Å²) in [4.78, 5) is 27.0. The average molecular weight is 381 g/mol. The lowest BCUT2D eigenvalue weighted by Crippen LogP contribution is -2.35. The summed E-state index contributed by atoms with van der Waals surface area (Å²) in [6, 6.07) is 17.0. The van der Waals surface area contributed by atoms with Crippen molar-refractivity contribution >= 4 is 34.6 Å². The largest absolute Gasteiger partial charge is 0.497 e. The van der Waals surface area contributed by atoms with Gasteiger partial charge < -0.3 is 10.5 Å². The highest BCUT2D eigenvalue weighted by Gasteiger charge is 2.11. The van der Waals surface area contributed by atoms with E-state index in [1.54, 1.807) is 7.11 Å². The van der Waals surface area contributed by atoms with Crippen molar-refractivity contribution in [3.63, 3.8) is 0 Å². The molecule has 0 unspecified atom stereocenters. The fraction of sp³-hybridized carbons (Fsp3) is 0.150. The number of aromatic nitrogens is 1. The molecule has 3 rings (SSSR count). The molecular formula is C20H19N3O3S. The number of carbonyl (C=O) groups is 2. The molecule has 7 heteroatoms. The summed E-state index contributed by atoms with van der Waals surface area (Å²) < 4.78 is 5.31. The van der Waals surface area contributed by atoms with Crippen LogP contribution in [0.2, 0.25) is 0 Å². The molecule has 0 radical (unpaired) electrons. The van der Waals surface area contributed by atoms with E-state index < -0.39 is 11.9 Å². The number of amides is 3. The molecule has 3 amide bonds. The summed E-state index contributed by atoms with van der Waals surface area (Å²) in [6.45, 7) is 0. The molecule has 3 N–H and O–H groups in total. The van der Waals surface area contributed by atoms with Gasteiger partial charge in [-0.3, -0.25) is 10.1 Å². The maximum Gasteiger partial charge on any atom is 0.318 e. The van der Waals surface area contributed by atoms with Gasteiger partial charge in [-0.15, -0.1) is 11.8 Å². The third kappa shape index (κ3) is 4.77. The van der Waals surface area contributed by atoms with Gasteiger partial charge in [-0.05, 0) is 29.3 Å². The van der Waals surface area contributed by atoms with E-state index in [1.807, 2.05) is 54.6 Å². The van der Waals surface area contributed by atoms with E-state index >= 15 is 0 Å². The Hall–Kier alpha value is -3.06. The summed E-state index contributed by atoms with van der Waals surface area (Å²) in [5.41, 5.74) is 7.92. The van der Waals surface area contributed by atoms with Crippen molar-refractivity contribution in [2.24, 2.45) is 5.73 Å². The summed E-state index contributed by atoms with van der Waals surface area (Å²) in [5, 5.41) is 3.88. The highest BCUT2D eigenvalue weighted by atomic mass is 32.2. The number of hydrogen-bond donors (Lipinski definition) is 2. The first-order valence-corrected chi connectivity index (χ1v) is 9.31. The van der Waals surface area contributed by atoms with Gasteiger partial charge in [0.15, 0.2) is 0 Å². The first kappa shape index (κ1) is 18.7. The molecular weight excluding hydrogens is 362 g/mol. The van der Waals surface area contributed by atoms with Gasteiger partial charge in [-0.25, -0.2) is 9.78 Å². The number of ether oxygens (including phenoxy) is 1. The zero-order chi connectivity index (χ0) is 19.2. The fourth-order valence-corrected chi connectivity index (χ4v) is 3.55. The molecule has 0 bridgehead atoms. The number of pyridine rings is 1. The van der Waals surface area contributed by atoms with Crippen molar-refractivity contribution in [1.82, 2.24) is 10.3 Å². The first-order valence-electron chi connectivity index (χ1n) is 8.33. The zero-order valence-electron chi connectivity index (χ0n) is 14.8. The van der Waals surface area contributed by atoms with Gasteiger partial charge in [0.05, 0.1) is 17.7 Å². The SMILES string of the molecule is COc1ccc2c(-c3ccccc3)cc(SCCC(=O)NC(N)=O)nc2c1. The van der Waals surface area contributed by atoms with E-state index in [4.69, 9.17) is 10.5 Å². The van der Waals surface area contributed by atoms with E-state index in [-0.39, 0.29) is 6.42 Å². The zero-order valence-corrected chi connectivity index (χ0v) is 15.6. The third-order valence-corrected chi connectivity index (χ3v) is 4.83. The molecule has 1 heterocycles. The van der Waals surface area contributed by atoms with Crippen LogP contribution >= 0.6 is 11.8 Å². The normalized spacial score (nSPS) is 10.6. The minimum atomic E-state index is -0.840. The number of nitrogens with zero attached hydrogens (tertiary/aromatic N) is 1. The number of fused-ring (bicyclic) bond motifs is 1. The minimum Gasteiger partial charge on any atom is -0.497 e. The molecule has 27 heavy (non-hydrogen) atoms. The Kier molecular flexibility index (Phi) is 5.93. The van der Waals surface area contributed by atoms with Gasteiger partial charge in [-0.1, -0.05) is 30.3 Å². The molecule has 138 valence electrons. The van der Waals surface area contributed by atoms with Gasteiger partial charge in [0.2, 0.25) is 5.91 Å². The van der Waals surface area contributed by atoms with Crippen molar-refractivity contribution in [3.8, 4) is 16.9 Å². The number of hydrogen-bond acceptors (Lipinski definition) is 5. The van der Waals surface area contributed by atoms with Gasteiger partial charge in [0.25, 0.3) is 0 Å². The molecule has 1 aromatic heterocycles. The maximum atomic E-state index is 11.6. The molecule has 0 atom stereocenters. The Balaban J connectivity index is 1.91. The monoisotopic (exact) mass is 381 g/mol. The van der Waals surface area contributed by atoms with Crippen LogP contribution in [0.5, 0.6) is 5.75 Å². The number of nitrogens with two attached hydrogens (primary N) is 1. The van der Waals surface area contributed by atoms with Crippen LogP contribution in [0.3, 0.4) is 0 Å². The van der Waals surface area contributed by atoms with Gasteiger partial charge >= 0.3 is 6.03 Å². The van der Waals surface area contributed by atoms with Crippen LogP contribution in [-0.2, 0) is 4.79 Å². The van der Waals surface area contributed by atoms with E-state index in [0.717, 1.165) is 32.8 Å². The molecule has 6 nitrogen and oxygen atoms in total. The predicted octanol–water partition coefficient (Wildman–Crippen LogP) is 3.59. The van der Waals surface area contributed by atoms with Crippen LogP contribution in [0, 0.1) is 0 Å². The Morgan fingerprint density at radius 3 is 2.63 bits per heavy atom. The van der Waals surface area contributed by atoms with Crippen LogP contribution < -0.4 is 15.8 Å². The molecule has 2 aromatic carbocycles. The fourth-order valence-electron chi connectivity index (χ4n) is 2.69. The number of benzene rings is 2. The smallest absolute Gasteiger partial charge is 0.318 e. The number of rotatable bonds is 6. The summed E-state index contributed by atoms with van der Waals surface area (Å²) in [6.07, 6.45) is 0.173. The molecule has 0 saturated carbocycles. The third-order valence-electron chi connectivity index (χ3n) is 3.92. The summed E-state index contributed by atoms with van der Waals surface area (Å²) in [7, 11) is 1.62. The van der Waals surface area contributed by atoms with Crippen LogP contribution in [0.1, 0.15) is 6.42 Å².